The van der Waals surface area contributed by atoms with Crippen LogP contribution in [0.25, 0.3) is 0 Å². The summed E-state index contributed by atoms with van der Waals surface area (Å²) < 4.78 is 0. The second kappa shape index (κ2) is 10.3. The van der Waals surface area contributed by atoms with E-state index in [9.17, 15) is 9.59 Å². The predicted molar refractivity (Wildman–Crippen MR) is 133 cm³/mol. The van der Waals surface area contributed by atoms with Crippen LogP contribution in [0.4, 0.5) is 16.2 Å². The predicted octanol–water partition coefficient (Wildman–Crippen LogP) is 5.96. The van der Waals surface area contributed by atoms with Gasteiger partial charge in [-0.1, -0.05) is 67.1 Å². The molecule has 1 atom stereocenters. The molecule has 1 heterocycles. The third-order valence-electron chi connectivity index (χ3n) is 6.14. The van der Waals surface area contributed by atoms with E-state index in [0.717, 1.165) is 41.9 Å². The van der Waals surface area contributed by atoms with Crippen molar-refractivity contribution in [3.05, 3.63) is 95.6 Å². The van der Waals surface area contributed by atoms with Gasteiger partial charge in [0.2, 0.25) is 5.91 Å². The number of carbonyl (C=O) groups is 2. The largest absolute Gasteiger partial charge is 0.326 e. The Labute approximate surface area is 196 Å². The number of amides is 3. The Hall–Kier alpha value is -3.60. The van der Waals surface area contributed by atoms with Gasteiger partial charge in [-0.2, -0.15) is 0 Å². The van der Waals surface area contributed by atoms with Crippen LogP contribution in [0, 0.1) is 6.92 Å². The van der Waals surface area contributed by atoms with Gasteiger partial charge in [0.25, 0.3) is 0 Å². The Morgan fingerprint density at radius 3 is 2.42 bits per heavy atom. The summed E-state index contributed by atoms with van der Waals surface area (Å²) in [5, 5.41) is 3.03. The number of rotatable bonds is 7. The molecule has 5 heteroatoms. The Morgan fingerprint density at radius 1 is 0.970 bits per heavy atom. The lowest BCUT2D eigenvalue weighted by molar-refractivity contribution is -0.117. The van der Waals surface area contributed by atoms with E-state index in [-0.39, 0.29) is 17.9 Å². The Morgan fingerprint density at radius 2 is 1.73 bits per heavy atom. The molecule has 1 saturated heterocycles. The maximum Gasteiger partial charge on any atom is 0.324 e. The lowest BCUT2D eigenvalue weighted by atomic mass is 9.95. The number of benzene rings is 3. The molecule has 0 radical (unpaired) electrons. The van der Waals surface area contributed by atoms with E-state index in [1.54, 1.807) is 0 Å². The summed E-state index contributed by atoms with van der Waals surface area (Å²) in [4.78, 5) is 29.7. The highest BCUT2D eigenvalue weighted by Gasteiger charge is 2.27. The van der Waals surface area contributed by atoms with Crippen molar-refractivity contribution in [3.63, 3.8) is 0 Å². The van der Waals surface area contributed by atoms with Gasteiger partial charge < -0.3 is 10.2 Å². The minimum absolute atomic E-state index is 0.0187. The number of nitrogens with zero attached hydrogens (tertiary/aromatic N) is 2. The number of hydrogen-bond donors (Lipinski definition) is 1. The molecule has 1 unspecified atom stereocenters. The zero-order valence-electron chi connectivity index (χ0n) is 19.3. The van der Waals surface area contributed by atoms with Gasteiger partial charge in [-0.05, 0) is 55.2 Å². The zero-order chi connectivity index (χ0) is 23.2. The summed E-state index contributed by atoms with van der Waals surface area (Å²) in [7, 11) is 0. The van der Waals surface area contributed by atoms with E-state index < -0.39 is 0 Å². The first kappa shape index (κ1) is 22.6. The molecule has 3 aromatic rings. The number of hydrogen-bond acceptors (Lipinski definition) is 2. The Balaban J connectivity index is 1.42. The number of anilines is 2. The van der Waals surface area contributed by atoms with Crippen LogP contribution in [0.5, 0.6) is 0 Å². The highest BCUT2D eigenvalue weighted by molar-refractivity contribution is 5.97. The van der Waals surface area contributed by atoms with Crippen molar-refractivity contribution in [1.82, 2.24) is 4.90 Å². The second-order valence-corrected chi connectivity index (χ2v) is 8.61. The van der Waals surface area contributed by atoms with Gasteiger partial charge in [0.15, 0.2) is 0 Å². The first-order chi connectivity index (χ1) is 16.0. The molecule has 0 spiro atoms. The second-order valence-electron chi connectivity index (χ2n) is 8.61. The van der Waals surface area contributed by atoms with Crippen LogP contribution in [0.15, 0.2) is 78.9 Å². The van der Waals surface area contributed by atoms with Crippen molar-refractivity contribution in [2.45, 2.75) is 39.2 Å². The van der Waals surface area contributed by atoms with Gasteiger partial charge in [0, 0.05) is 31.0 Å². The van der Waals surface area contributed by atoms with Gasteiger partial charge in [0.05, 0.1) is 5.92 Å². The first-order valence-corrected chi connectivity index (χ1v) is 11.6. The maximum atomic E-state index is 13.1. The standard InChI is InChI=1S/C28H31N3O2/c1-3-26(23-11-5-4-6-12-23)27(32)29-24-13-15-25(16-14-24)31-18-8-17-30(28(31)33)20-22-10-7-9-21(2)19-22/h4-7,9-16,19,26H,3,8,17-18,20H2,1-2H3,(H,29,32). The van der Waals surface area contributed by atoms with Crippen LogP contribution >= 0.6 is 0 Å². The van der Waals surface area contributed by atoms with E-state index >= 15 is 0 Å². The monoisotopic (exact) mass is 441 g/mol. The number of nitrogens with one attached hydrogen (secondary N) is 1. The molecule has 33 heavy (non-hydrogen) atoms. The third-order valence-corrected chi connectivity index (χ3v) is 6.14. The van der Waals surface area contributed by atoms with E-state index in [1.165, 1.54) is 5.56 Å². The normalized spacial score (nSPS) is 14.8. The molecule has 1 N–H and O–H groups in total. The quantitative estimate of drug-likeness (QED) is 0.492. The molecule has 0 bridgehead atoms. The molecule has 170 valence electrons. The topological polar surface area (TPSA) is 52.7 Å². The van der Waals surface area contributed by atoms with E-state index in [0.29, 0.717) is 13.1 Å². The fraction of sp³-hybridized carbons (Fsp3) is 0.286. The zero-order valence-corrected chi connectivity index (χ0v) is 19.3. The van der Waals surface area contributed by atoms with Crippen LogP contribution in [-0.2, 0) is 11.3 Å². The highest BCUT2D eigenvalue weighted by Crippen LogP contribution is 2.25. The van der Waals surface area contributed by atoms with E-state index in [4.69, 9.17) is 0 Å². The van der Waals surface area contributed by atoms with Gasteiger partial charge in [-0.3, -0.25) is 9.69 Å². The smallest absolute Gasteiger partial charge is 0.324 e. The van der Waals surface area contributed by atoms with Crippen molar-refractivity contribution in [2.24, 2.45) is 0 Å². The molecule has 5 nitrogen and oxygen atoms in total. The fourth-order valence-electron chi connectivity index (χ4n) is 4.41. The maximum absolute atomic E-state index is 13.1. The molecule has 0 aromatic heterocycles. The third kappa shape index (κ3) is 5.43. The molecule has 0 aliphatic carbocycles. The molecule has 3 amide bonds. The van der Waals surface area contributed by atoms with Crippen molar-refractivity contribution >= 4 is 23.3 Å². The van der Waals surface area contributed by atoms with Crippen LogP contribution in [0.3, 0.4) is 0 Å². The van der Waals surface area contributed by atoms with Crippen LogP contribution in [0.2, 0.25) is 0 Å². The molecule has 0 saturated carbocycles. The van der Waals surface area contributed by atoms with Gasteiger partial charge in [0.1, 0.15) is 0 Å². The molecule has 1 fully saturated rings. The molecule has 1 aliphatic rings. The lowest BCUT2D eigenvalue weighted by Gasteiger charge is -2.35. The van der Waals surface area contributed by atoms with Gasteiger partial charge in [-0.25, -0.2) is 4.79 Å². The van der Waals surface area contributed by atoms with Gasteiger partial charge >= 0.3 is 6.03 Å². The summed E-state index contributed by atoms with van der Waals surface area (Å²) in [6.07, 6.45) is 1.65. The van der Waals surface area contributed by atoms with E-state index in [1.807, 2.05) is 77.4 Å². The van der Waals surface area contributed by atoms with Crippen LogP contribution in [-0.4, -0.2) is 29.9 Å². The average molecular weight is 442 g/mol. The molecular weight excluding hydrogens is 410 g/mol. The number of carbonyl (C=O) groups excluding carboxylic acids is 2. The minimum Gasteiger partial charge on any atom is -0.326 e. The van der Waals surface area contributed by atoms with Crippen molar-refractivity contribution in [1.29, 1.82) is 0 Å². The van der Waals surface area contributed by atoms with Crippen LogP contribution in [0.1, 0.15) is 42.4 Å². The SMILES string of the molecule is CCC(C(=O)Nc1ccc(N2CCCN(Cc3cccc(C)c3)C2=O)cc1)c1ccccc1. The summed E-state index contributed by atoms with van der Waals surface area (Å²) in [6, 6.07) is 25.7. The van der Waals surface area contributed by atoms with Gasteiger partial charge in [-0.15, -0.1) is 0 Å². The first-order valence-electron chi connectivity index (χ1n) is 11.6. The average Bonchev–Trinajstić information content (AvgIpc) is 2.82. The molecular formula is C28H31N3O2. The van der Waals surface area contributed by atoms with Crippen molar-refractivity contribution < 1.29 is 9.59 Å². The molecule has 1 aliphatic heterocycles. The van der Waals surface area contributed by atoms with Crippen molar-refractivity contribution in [3.8, 4) is 0 Å². The van der Waals surface area contributed by atoms with Crippen molar-refractivity contribution in [2.75, 3.05) is 23.3 Å². The van der Waals surface area contributed by atoms with E-state index in [2.05, 4.69) is 30.4 Å². The summed E-state index contributed by atoms with van der Waals surface area (Å²) in [5.41, 5.74) is 4.94. The molecule has 4 rings (SSSR count). The number of urea groups is 1. The molecule has 3 aromatic carbocycles. The highest BCUT2D eigenvalue weighted by atomic mass is 16.2. The summed E-state index contributed by atoms with van der Waals surface area (Å²) in [5.74, 6) is -0.209. The Bertz CT molecular complexity index is 1100. The Kier molecular flexibility index (Phi) is 7.08. The number of aryl methyl sites for hydroxylation is 1. The van der Waals surface area contributed by atoms with Crippen LogP contribution < -0.4 is 10.2 Å². The summed E-state index contributed by atoms with van der Waals surface area (Å²) in [6.45, 7) is 6.15. The minimum atomic E-state index is -0.190. The summed E-state index contributed by atoms with van der Waals surface area (Å²) >= 11 is 0. The fourth-order valence-corrected chi connectivity index (χ4v) is 4.41. The lowest BCUT2D eigenvalue weighted by Crippen LogP contribution is -2.49.